The van der Waals surface area contributed by atoms with E-state index < -0.39 is 12.8 Å². The molecule has 3 aromatic carbocycles. The maximum atomic E-state index is 13.2. The smallest absolute Gasteiger partial charge is 0.422 e. The summed E-state index contributed by atoms with van der Waals surface area (Å²) in [6.07, 6.45) is 3.74. The molecule has 3 amide bonds. The molecule has 610 valence electrons. The van der Waals surface area contributed by atoms with Gasteiger partial charge in [0.25, 0.3) is 17.7 Å². The van der Waals surface area contributed by atoms with Crippen LogP contribution in [0.15, 0.2) is 73.2 Å². The minimum Gasteiger partial charge on any atom is -0.491 e. The molecule has 0 unspecified atom stereocenters. The van der Waals surface area contributed by atoms with Gasteiger partial charge in [0.05, 0.1) is 51.6 Å². The van der Waals surface area contributed by atoms with Crippen LogP contribution in [0.4, 0.5) is 115 Å². The van der Waals surface area contributed by atoms with E-state index in [1.54, 1.807) is 78.8 Å². The van der Waals surface area contributed by atoms with E-state index >= 15 is 0 Å². The lowest BCUT2D eigenvalue weighted by atomic mass is 10.0. The van der Waals surface area contributed by atoms with Crippen LogP contribution in [-0.4, -0.2) is 263 Å². The number of piperazine rings is 3. The van der Waals surface area contributed by atoms with E-state index in [9.17, 15) is 27.6 Å². The fourth-order valence-electron chi connectivity index (χ4n) is 14.7. The third kappa shape index (κ3) is 17.7. The summed E-state index contributed by atoms with van der Waals surface area (Å²) >= 11 is 4.39. The van der Waals surface area contributed by atoms with Crippen molar-refractivity contribution in [1.82, 2.24) is 64.5 Å². The molecular formula is C79H100F3N25O5S3. The second kappa shape index (κ2) is 34.2. The summed E-state index contributed by atoms with van der Waals surface area (Å²) in [5, 5.41) is 14.5. The summed E-state index contributed by atoms with van der Waals surface area (Å²) < 4.78 is 50.4. The summed E-state index contributed by atoms with van der Waals surface area (Å²) in [4.78, 5) is 107. The number of alkyl halides is 3. The Morgan fingerprint density at radius 2 is 0.835 bits per heavy atom. The van der Waals surface area contributed by atoms with Gasteiger partial charge in [0.15, 0.2) is 41.1 Å². The van der Waals surface area contributed by atoms with Crippen LogP contribution in [-0.2, 0) is 0 Å². The van der Waals surface area contributed by atoms with Crippen LogP contribution in [0.1, 0.15) is 98.0 Å². The van der Waals surface area contributed by atoms with Gasteiger partial charge in [0.2, 0.25) is 17.8 Å². The molecule has 7 aliphatic rings. The molecule has 0 aliphatic carbocycles. The normalized spacial score (nSPS) is 17.2. The van der Waals surface area contributed by atoms with Gasteiger partial charge in [0, 0.05) is 181 Å². The largest absolute Gasteiger partial charge is 0.491 e. The number of aromatic nitrogens is 9. The highest BCUT2D eigenvalue weighted by molar-refractivity contribution is 7.17. The average Bonchev–Trinajstić information content (AvgIpc) is 1.64. The Balaban J connectivity index is 0.000000143. The van der Waals surface area contributed by atoms with E-state index in [2.05, 4.69) is 157 Å². The van der Waals surface area contributed by atoms with Crippen LogP contribution in [0.5, 0.6) is 11.5 Å². The van der Waals surface area contributed by atoms with Crippen LogP contribution in [0.2, 0.25) is 0 Å². The Bertz CT molecular complexity index is 5030. The summed E-state index contributed by atoms with van der Waals surface area (Å²) in [5.74, 6) is 3.30. The minimum absolute atomic E-state index is 0.0401. The molecule has 7 aliphatic heterocycles. The molecule has 36 heteroatoms. The van der Waals surface area contributed by atoms with Crippen molar-refractivity contribution in [2.45, 2.75) is 78.9 Å². The number of fused-ring (bicyclic) bond motifs is 6. The first-order valence-corrected chi connectivity index (χ1v) is 41.2. The molecule has 30 nitrogen and oxygen atoms in total. The number of rotatable bonds is 16. The van der Waals surface area contributed by atoms with Gasteiger partial charge in [-0.1, -0.05) is 20.8 Å². The number of thiazole rings is 3. The lowest BCUT2D eigenvalue weighted by Gasteiger charge is -2.42. The number of hydrogen-bond acceptors (Lipinski definition) is 30. The van der Waals surface area contributed by atoms with Gasteiger partial charge in [-0.25, -0.2) is 29.9 Å². The molecule has 0 spiro atoms. The number of aryl methyl sites for hydroxylation is 3. The van der Waals surface area contributed by atoms with Crippen molar-refractivity contribution in [2.24, 2.45) is 0 Å². The van der Waals surface area contributed by atoms with Crippen molar-refractivity contribution in [3.8, 4) is 11.5 Å². The molecule has 0 saturated carbocycles. The number of carbonyl (C=O) groups is 3. The van der Waals surface area contributed by atoms with E-state index in [1.165, 1.54) is 78.5 Å². The molecule has 4 fully saturated rings. The molecule has 115 heavy (non-hydrogen) atoms. The van der Waals surface area contributed by atoms with Gasteiger partial charge in [-0.05, 0) is 109 Å². The number of benzene rings is 3. The highest BCUT2D eigenvalue weighted by Gasteiger charge is 2.38. The molecule has 3 N–H and O–H groups in total. The van der Waals surface area contributed by atoms with Crippen LogP contribution >= 0.6 is 34.0 Å². The fraction of sp³-hybridized carbons (Fsp3) is 0.468. The van der Waals surface area contributed by atoms with Crippen molar-refractivity contribution in [2.75, 3.05) is 228 Å². The van der Waals surface area contributed by atoms with E-state index in [-0.39, 0.29) is 35.3 Å². The van der Waals surface area contributed by atoms with Gasteiger partial charge < -0.3 is 84.2 Å². The second-order valence-electron chi connectivity index (χ2n) is 30.2. The molecule has 0 atom stereocenters. The Hall–Kier alpha value is -10.4. The lowest BCUT2D eigenvalue weighted by Crippen LogP contribution is -2.52. The third-order valence-electron chi connectivity index (χ3n) is 21.6. The minimum atomic E-state index is -4.49. The van der Waals surface area contributed by atoms with Crippen LogP contribution in [0, 0.1) is 20.8 Å². The first kappa shape index (κ1) is 81.2. The summed E-state index contributed by atoms with van der Waals surface area (Å²) in [6, 6.07) is 18.6. The number of likely N-dealkylation sites (N-methyl/N-ethyl adjacent to an activating group) is 3. The van der Waals surface area contributed by atoms with E-state index in [0.717, 1.165) is 131 Å². The number of nitrogens with zero attached hydrogens (tertiary/aromatic N) is 22. The summed E-state index contributed by atoms with van der Waals surface area (Å²) in [5.41, 5.74) is 9.40. The number of ether oxygens (including phenoxy) is 2. The number of anilines is 18. The lowest BCUT2D eigenvalue weighted by molar-refractivity contribution is -0.153. The monoisotopic (exact) mass is 1630 g/mol. The predicted octanol–water partition coefficient (Wildman–Crippen LogP) is 12.6. The van der Waals surface area contributed by atoms with Crippen molar-refractivity contribution >= 4 is 153 Å². The molecule has 0 radical (unpaired) electrons. The van der Waals surface area contributed by atoms with Crippen molar-refractivity contribution in [1.29, 1.82) is 0 Å². The van der Waals surface area contributed by atoms with E-state index in [4.69, 9.17) is 19.4 Å². The van der Waals surface area contributed by atoms with Crippen molar-refractivity contribution in [3.63, 3.8) is 0 Å². The highest BCUT2D eigenvalue weighted by atomic mass is 32.1. The van der Waals surface area contributed by atoms with Gasteiger partial charge in [-0.15, -0.1) is 34.0 Å². The van der Waals surface area contributed by atoms with Crippen molar-refractivity contribution in [3.05, 3.63) is 111 Å². The zero-order chi connectivity index (χ0) is 81.4. The molecule has 16 rings (SSSR count). The molecule has 6 aromatic heterocycles. The molecular weight excluding hydrogens is 1530 g/mol. The summed E-state index contributed by atoms with van der Waals surface area (Å²) in [6.45, 7) is 25.5. The predicted molar refractivity (Wildman–Crippen MR) is 453 cm³/mol. The second-order valence-corrected chi connectivity index (χ2v) is 33.6. The van der Waals surface area contributed by atoms with Crippen LogP contribution in [0.3, 0.4) is 0 Å². The topological polar surface area (TPSA) is 264 Å². The maximum Gasteiger partial charge on any atom is 0.422 e. The quantitative estimate of drug-likeness (QED) is 0.0811. The summed E-state index contributed by atoms with van der Waals surface area (Å²) in [7, 11) is 17.1. The van der Waals surface area contributed by atoms with Gasteiger partial charge in [0.1, 0.15) is 43.6 Å². The molecule has 4 saturated heterocycles. The van der Waals surface area contributed by atoms with Gasteiger partial charge in [-0.3, -0.25) is 19.3 Å². The van der Waals surface area contributed by atoms with Crippen molar-refractivity contribution < 1.29 is 37.0 Å². The maximum absolute atomic E-state index is 13.2. The Kier molecular flexibility index (Phi) is 24.2. The standard InChI is InChI=1S/C30H41N9OS.C25H32N8O2S.C24H27F3N8O2S/c1-19(2)27-33-25-28(40)36(5)24-18-31-30(34-26(24)37(6)29(25)41-27)32-23-8-7-22(17-20(23)3)38-11-9-21(10-12-38)39-15-13-35(4)14-16-39;1-6-13-35-20-14-17(33-11-9-30(3)10-12-33)7-8-18(20)28-25-26-15-19-22(29-25)32(5)24-21(23(34)31(19)4)27-16(2)36-24;1-14-29-19-21(36)33(3)17-12-28-23(31-20(17)34(4)22(19)38-14)30-16-6-5-15(35-9-7-32(2)8-10-35)11-18(16)37-13-24(25,26)27/h7-8,17-19,21H,9-16H2,1-6H3,(H,31,32,34);7-8,14-15H,6,9-13H2,1-5H3,(H,26,28,29);5-6,11-12H,7-10,13H2,1-4H3,(H,28,30,31). The Morgan fingerprint density at radius 3 is 1.24 bits per heavy atom. The Morgan fingerprint density at radius 1 is 0.461 bits per heavy atom. The number of nitrogens with one attached hydrogen (secondary N) is 3. The number of carbonyl (C=O) groups excluding carboxylic acids is 3. The molecule has 9 aromatic rings. The fourth-order valence-corrected chi connectivity index (χ4v) is 17.5. The molecule has 0 bridgehead atoms. The number of amides is 3. The first-order valence-electron chi connectivity index (χ1n) is 38.7. The average molecular weight is 1630 g/mol. The zero-order valence-electron chi connectivity index (χ0n) is 67.8. The van der Waals surface area contributed by atoms with E-state index in [1.807, 2.05) is 56.9 Å². The number of hydrogen-bond donors (Lipinski definition) is 3. The van der Waals surface area contributed by atoms with Crippen LogP contribution in [0.25, 0.3) is 0 Å². The molecule has 13 heterocycles. The highest BCUT2D eigenvalue weighted by Crippen LogP contribution is 2.47. The van der Waals surface area contributed by atoms with Crippen LogP contribution < -0.4 is 69.5 Å². The first-order chi connectivity index (χ1) is 55.0. The van der Waals surface area contributed by atoms with Gasteiger partial charge in [-0.2, -0.15) is 28.1 Å². The number of piperidine rings is 1. The van der Waals surface area contributed by atoms with E-state index in [0.29, 0.717) is 86.8 Å². The third-order valence-corrected chi connectivity index (χ3v) is 25.2. The SMILES string of the molecule is CCCOc1cc(N2CCN(C)CC2)ccc1Nc1ncc2c(n1)N(C)c1sc(C)nc1C(=O)N2C.Cc1cc(N2CCC(N3CCN(C)CC3)CC2)ccc1Nc1ncc2c(n1)N(C)c1sc(C(C)C)nc1C(=O)N2C.Cc1nc2c(s1)N(C)c1nc(Nc3ccc(N4CCN(C)CC4)cc3OCC(F)(F)F)ncc1N(C)C2=O. The number of halogens is 3. The zero-order valence-corrected chi connectivity index (χ0v) is 70.2. The van der Waals surface area contributed by atoms with Gasteiger partial charge >= 0.3 is 6.18 Å². The Labute approximate surface area is 680 Å².